The average Bonchev–Trinajstić information content (AvgIpc) is 3.00. The molecule has 2 rings (SSSR count). The van der Waals surface area contributed by atoms with Gasteiger partial charge in [0.05, 0.1) is 9.79 Å². The van der Waals surface area contributed by atoms with E-state index in [0.717, 1.165) is 0 Å². The van der Waals surface area contributed by atoms with E-state index in [-0.39, 0.29) is 0 Å². The molecule has 0 aliphatic heterocycles. The molecule has 0 N–H and O–H groups in total. The molecule has 0 aliphatic rings. The molecular weight excluding hydrogens is 569 g/mol. The summed E-state index contributed by atoms with van der Waals surface area (Å²) in [4.78, 5) is 0.660. The van der Waals surface area contributed by atoms with Gasteiger partial charge in [-0.25, -0.2) is 8.42 Å². The molecule has 0 aromatic heterocycles. The highest BCUT2D eigenvalue weighted by atomic mass is 32.2. The lowest BCUT2D eigenvalue weighted by molar-refractivity contribution is 0.596. The predicted molar refractivity (Wildman–Crippen MR) is 198 cm³/mol. The van der Waals surface area contributed by atoms with E-state index in [4.69, 9.17) is 0 Å². The minimum atomic E-state index is -3.34. The van der Waals surface area contributed by atoms with Gasteiger partial charge in [-0.3, -0.25) is 0 Å². The highest BCUT2D eigenvalue weighted by Gasteiger charge is 2.15. The molecule has 0 spiro atoms. The first-order valence-corrected chi connectivity index (χ1v) is 18.1. The number of benzene rings is 2. The Morgan fingerprint density at radius 2 is 0.689 bits per heavy atom. The van der Waals surface area contributed by atoms with Crippen molar-refractivity contribution >= 4 is 9.84 Å². The highest BCUT2D eigenvalue weighted by molar-refractivity contribution is 7.91. The zero-order valence-corrected chi connectivity index (χ0v) is 30.3. The summed E-state index contributed by atoms with van der Waals surface area (Å²) in [5.41, 5.74) is 8.97. The molecule has 0 radical (unpaired) electrons. The van der Waals surface area contributed by atoms with Crippen LogP contribution >= 0.6 is 0 Å². The summed E-state index contributed by atoms with van der Waals surface area (Å²) in [7, 11) is -3.34. The van der Waals surface area contributed by atoms with Crippen molar-refractivity contribution in [1.29, 1.82) is 0 Å². The van der Waals surface area contributed by atoms with Crippen LogP contribution in [0.25, 0.3) is 0 Å². The van der Waals surface area contributed by atoms with Crippen LogP contribution in [-0.2, 0) is 9.84 Å². The largest absolute Gasteiger partial charge is 0.219 e. The number of allylic oxidation sites excluding steroid dienone is 12. The second kappa shape index (κ2) is 23.2. The third kappa shape index (κ3) is 19.8. The first kappa shape index (κ1) is 39.9. The summed E-state index contributed by atoms with van der Waals surface area (Å²) in [5, 5.41) is 0. The number of hydrogen-bond acceptors (Lipinski definition) is 2. The van der Waals surface area contributed by atoms with Crippen molar-refractivity contribution in [1.82, 2.24) is 0 Å². The van der Waals surface area contributed by atoms with Crippen molar-refractivity contribution in [2.24, 2.45) is 0 Å². The molecule has 2 aromatic carbocycles. The second-order valence-electron chi connectivity index (χ2n) is 12.6. The Bertz CT molecular complexity index is 1290. The Kier molecular flexibility index (Phi) is 20.6. The molecule has 2 nitrogen and oxygen atoms in total. The average molecular weight is 629 g/mol. The smallest absolute Gasteiger partial charge is 0.206 e. The Labute approximate surface area is 277 Å². The molecule has 0 aliphatic carbocycles. The van der Waals surface area contributed by atoms with Gasteiger partial charge in [-0.05, 0) is 144 Å². The number of rotatable bonds is 17. The number of unbranched alkanes of at least 4 members (excludes halogenated alkanes) is 1. The lowest BCUT2D eigenvalue weighted by Gasteiger charge is -2.03. The second-order valence-corrected chi connectivity index (χ2v) is 14.6. The van der Waals surface area contributed by atoms with Crippen molar-refractivity contribution < 1.29 is 8.42 Å². The van der Waals surface area contributed by atoms with Crippen molar-refractivity contribution in [2.45, 2.75) is 129 Å². The lowest BCUT2D eigenvalue weighted by atomic mass is 10.0. The molecule has 0 fully saturated rings. The maximum atomic E-state index is 12.0. The third-order valence-electron chi connectivity index (χ3n) is 7.50. The van der Waals surface area contributed by atoms with Crippen molar-refractivity contribution in [3.8, 4) is 0 Å². The summed E-state index contributed by atoms with van der Waals surface area (Å²) in [6, 6.07) is 16.9. The van der Waals surface area contributed by atoms with Crippen LogP contribution in [0.5, 0.6) is 0 Å². The van der Waals surface area contributed by atoms with E-state index in [1.807, 2.05) is 0 Å². The first-order chi connectivity index (χ1) is 21.4. The van der Waals surface area contributed by atoms with Crippen molar-refractivity contribution in [3.63, 3.8) is 0 Å². The topological polar surface area (TPSA) is 34.1 Å². The van der Waals surface area contributed by atoms with E-state index in [1.54, 1.807) is 60.7 Å². The molecule has 3 heteroatoms. The minimum Gasteiger partial charge on any atom is -0.219 e. The van der Waals surface area contributed by atoms with Gasteiger partial charge in [-0.15, -0.1) is 0 Å². The van der Waals surface area contributed by atoms with Crippen molar-refractivity contribution in [2.75, 3.05) is 0 Å². The molecule has 45 heavy (non-hydrogen) atoms. The Morgan fingerprint density at radius 3 is 0.978 bits per heavy atom. The van der Waals surface area contributed by atoms with E-state index >= 15 is 0 Å². The van der Waals surface area contributed by atoms with Crippen LogP contribution in [0.3, 0.4) is 0 Å². The molecule has 246 valence electrons. The summed E-state index contributed by atoms with van der Waals surface area (Å²) >= 11 is 0. The standard InChI is InChI=1S/C30H50.C12H10O2S/c1-25(2)15-11-19-29(7)23-13-21-27(5)17-9-10-18-28(6)22-14-24-30(8)20-12-16-26(3)4;13-15(14,11-7-3-1-4-8-11)12-9-5-2-6-10-12/h15-18,23-24H,9-14,19-22H2,1-8H3;1-10H/b27-17+,28-18+,29-23+,30-24+;. The number of hydrogen-bond donors (Lipinski definition) is 0. The third-order valence-corrected chi connectivity index (χ3v) is 9.29. The van der Waals surface area contributed by atoms with Gasteiger partial charge in [0.25, 0.3) is 0 Å². The minimum absolute atomic E-state index is 0.330. The van der Waals surface area contributed by atoms with Gasteiger partial charge in [-0.2, -0.15) is 0 Å². The summed E-state index contributed by atoms with van der Waals surface area (Å²) in [5.74, 6) is 0. The van der Waals surface area contributed by atoms with Gasteiger partial charge in [0.1, 0.15) is 0 Å². The fraction of sp³-hybridized carbons (Fsp3) is 0.429. The maximum Gasteiger partial charge on any atom is 0.206 e. The van der Waals surface area contributed by atoms with Crippen LogP contribution in [0, 0.1) is 0 Å². The fourth-order valence-corrected chi connectivity index (χ4v) is 5.98. The number of sulfone groups is 1. The van der Waals surface area contributed by atoms with E-state index in [0.29, 0.717) is 9.79 Å². The van der Waals surface area contributed by atoms with Gasteiger partial charge in [0, 0.05) is 0 Å². The zero-order valence-electron chi connectivity index (χ0n) is 29.5. The van der Waals surface area contributed by atoms with Gasteiger partial charge in [0.15, 0.2) is 0 Å². The SMILES string of the molecule is CC(C)=CCC/C(C)=C/CC/C(C)=C/CC/C=C(\C)CC/C=C(\C)CCC=C(C)C.O=S(=O)(c1ccccc1)c1ccccc1. The van der Waals surface area contributed by atoms with E-state index in [2.05, 4.69) is 91.8 Å². The molecule has 0 saturated carbocycles. The molecule has 0 saturated heterocycles. The molecule has 0 heterocycles. The van der Waals surface area contributed by atoms with Crippen molar-refractivity contribution in [3.05, 3.63) is 131 Å². The summed E-state index contributed by atoms with van der Waals surface area (Å²) in [6.45, 7) is 17.8. The van der Waals surface area contributed by atoms with Gasteiger partial charge in [-0.1, -0.05) is 106 Å². The summed E-state index contributed by atoms with van der Waals surface area (Å²) < 4.78 is 24.1. The molecule has 0 bridgehead atoms. The van der Waals surface area contributed by atoms with Crippen LogP contribution in [0.4, 0.5) is 0 Å². The van der Waals surface area contributed by atoms with Gasteiger partial charge in [0.2, 0.25) is 9.84 Å². The van der Waals surface area contributed by atoms with Gasteiger partial charge >= 0.3 is 0 Å². The Morgan fingerprint density at radius 1 is 0.422 bits per heavy atom. The molecular formula is C42H60O2S. The normalized spacial score (nSPS) is 12.7. The predicted octanol–water partition coefficient (Wildman–Crippen LogP) is 13.1. The van der Waals surface area contributed by atoms with E-state index in [9.17, 15) is 8.42 Å². The van der Waals surface area contributed by atoms with E-state index < -0.39 is 9.84 Å². The maximum absolute atomic E-state index is 12.0. The Hall–Kier alpha value is -3.17. The van der Waals surface area contributed by atoms with Crippen LogP contribution in [0.2, 0.25) is 0 Å². The van der Waals surface area contributed by atoms with Crippen LogP contribution < -0.4 is 0 Å². The fourth-order valence-electron chi connectivity index (χ4n) is 4.67. The lowest BCUT2D eigenvalue weighted by Crippen LogP contribution is -2.00. The quantitative estimate of drug-likeness (QED) is 0.129. The highest BCUT2D eigenvalue weighted by Crippen LogP contribution is 2.19. The molecule has 0 unspecified atom stereocenters. The summed E-state index contributed by atoms with van der Waals surface area (Å²) in [6.07, 6.45) is 26.2. The molecule has 2 aromatic rings. The Balaban J connectivity index is 0.000000555. The van der Waals surface area contributed by atoms with Crippen LogP contribution in [0.1, 0.15) is 120 Å². The monoisotopic (exact) mass is 628 g/mol. The van der Waals surface area contributed by atoms with Crippen LogP contribution in [0.15, 0.2) is 140 Å². The van der Waals surface area contributed by atoms with Gasteiger partial charge < -0.3 is 0 Å². The van der Waals surface area contributed by atoms with Crippen LogP contribution in [-0.4, -0.2) is 8.42 Å². The molecule has 0 amide bonds. The van der Waals surface area contributed by atoms with E-state index in [1.165, 1.54) is 97.6 Å². The molecule has 0 atom stereocenters. The first-order valence-electron chi connectivity index (χ1n) is 16.7. The zero-order chi connectivity index (χ0) is 33.5.